The molecule has 1 heterocycles. The van der Waals surface area contributed by atoms with E-state index in [-0.39, 0.29) is 6.04 Å². The Morgan fingerprint density at radius 1 is 1.53 bits per heavy atom. The van der Waals surface area contributed by atoms with E-state index < -0.39 is 0 Å². The molecule has 1 saturated heterocycles. The van der Waals surface area contributed by atoms with Gasteiger partial charge in [0.1, 0.15) is 5.75 Å². The van der Waals surface area contributed by atoms with Crippen LogP contribution < -0.4 is 10.5 Å². The summed E-state index contributed by atoms with van der Waals surface area (Å²) in [4.78, 5) is 0. The lowest BCUT2D eigenvalue weighted by atomic mass is 9.92. The van der Waals surface area contributed by atoms with Gasteiger partial charge in [-0.3, -0.25) is 0 Å². The van der Waals surface area contributed by atoms with E-state index in [0.29, 0.717) is 5.92 Å². The normalized spacial score (nSPS) is 21.5. The van der Waals surface area contributed by atoms with Crippen molar-refractivity contribution in [3.63, 3.8) is 0 Å². The maximum atomic E-state index is 6.27. The Morgan fingerprint density at radius 2 is 2.35 bits per heavy atom. The largest absolute Gasteiger partial charge is 0.497 e. The third kappa shape index (κ3) is 2.99. The second-order valence-electron chi connectivity index (χ2n) is 4.79. The molecule has 2 rings (SSSR count). The lowest BCUT2D eigenvalue weighted by Crippen LogP contribution is -2.16. The summed E-state index contributed by atoms with van der Waals surface area (Å²) in [5, 5.41) is 0. The smallest absolute Gasteiger partial charge is 0.119 e. The first-order chi connectivity index (χ1) is 8.20. The fourth-order valence-corrected chi connectivity index (χ4v) is 2.45. The molecule has 0 bridgehead atoms. The Bertz CT molecular complexity index is 372. The SMILES string of the molecule is COc1ccc(C(N)CC2CCOC2)c(C)c1. The number of benzene rings is 1. The maximum absolute atomic E-state index is 6.27. The molecule has 1 aromatic rings. The first-order valence-corrected chi connectivity index (χ1v) is 6.18. The average Bonchev–Trinajstić information content (AvgIpc) is 2.81. The summed E-state index contributed by atoms with van der Waals surface area (Å²) in [5.41, 5.74) is 8.70. The van der Waals surface area contributed by atoms with Crippen LogP contribution in [0.2, 0.25) is 0 Å². The van der Waals surface area contributed by atoms with E-state index in [1.807, 2.05) is 12.1 Å². The van der Waals surface area contributed by atoms with Gasteiger partial charge < -0.3 is 15.2 Å². The van der Waals surface area contributed by atoms with Gasteiger partial charge in [-0.05, 0) is 48.9 Å². The highest BCUT2D eigenvalue weighted by atomic mass is 16.5. The van der Waals surface area contributed by atoms with Crippen LogP contribution in [0.1, 0.15) is 30.0 Å². The van der Waals surface area contributed by atoms with E-state index in [1.54, 1.807) is 7.11 Å². The molecule has 94 valence electrons. The summed E-state index contributed by atoms with van der Waals surface area (Å²) >= 11 is 0. The lowest BCUT2D eigenvalue weighted by molar-refractivity contribution is 0.182. The van der Waals surface area contributed by atoms with Crippen molar-refractivity contribution in [3.8, 4) is 5.75 Å². The molecule has 3 heteroatoms. The van der Waals surface area contributed by atoms with Gasteiger partial charge in [0.15, 0.2) is 0 Å². The number of methoxy groups -OCH3 is 1. The van der Waals surface area contributed by atoms with Gasteiger partial charge in [0.05, 0.1) is 7.11 Å². The molecule has 0 amide bonds. The van der Waals surface area contributed by atoms with Crippen molar-refractivity contribution in [2.45, 2.75) is 25.8 Å². The third-order valence-electron chi connectivity index (χ3n) is 3.49. The first kappa shape index (κ1) is 12.4. The molecule has 0 spiro atoms. The zero-order chi connectivity index (χ0) is 12.3. The van der Waals surface area contributed by atoms with E-state index >= 15 is 0 Å². The van der Waals surface area contributed by atoms with Crippen molar-refractivity contribution in [1.29, 1.82) is 0 Å². The standard InChI is InChI=1S/C14H21NO2/c1-10-7-12(16-2)3-4-13(10)14(15)8-11-5-6-17-9-11/h3-4,7,11,14H,5-6,8-9,15H2,1-2H3. The highest BCUT2D eigenvalue weighted by Gasteiger charge is 2.20. The zero-order valence-electron chi connectivity index (χ0n) is 10.6. The summed E-state index contributed by atoms with van der Waals surface area (Å²) in [5.74, 6) is 1.51. The first-order valence-electron chi connectivity index (χ1n) is 6.18. The van der Waals surface area contributed by atoms with Crippen molar-refractivity contribution in [1.82, 2.24) is 0 Å². The molecular formula is C14H21NO2. The summed E-state index contributed by atoms with van der Waals surface area (Å²) in [6, 6.07) is 6.20. The third-order valence-corrected chi connectivity index (χ3v) is 3.49. The van der Waals surface area contributed by atoms with Crippen molar-refractivity contribution < 1.29 is 9.47 Å². The minimum atomic E-state index is 0.104. The van der Waals surface area contributed by atoms with E-state index in [4.69, 9.17) is 15.2 Å². The van der Waals surface area contributed by atoms with Crippen molar-refractivity contribution in [2.24, 2.45) is 11.7 Å². The lowest BCUT2D eigenvalue weighted by Gasteiger charge is -2.18. The highest BCUT2D eigenvalue weighted by molar-refractivity contribution is 5.36. The molecule has 0 aromatic heterocycles. The monoisotopic (exact) mass is 235 g/mol. The summed E-state index contributed by atoms with van der Waals surface area (Å²) in [6.45, 7) is 3.84. The van der Waals surface area contributed by atoms with Gasteiger partial charge in [-0.1, -0.05) is 6.07 Å². The molecule has 17 heavy (non-hydrogen) atoms. The molecule has 1 aliphatic rings. The Morgan fingerprint density at radius 3 is 2.94 bits per heavy atom. The molecule has 2 N–H and O–H groups in total. The minimum absolute atomic E-state index is 0.104. The Kier molecular flexibility index (Phi) is 4.02. The molecule has 2 unspecified atom stereocenters. The van der Waals surface area contributed by atoms with Crippen LogP contribution in [0, 0.1) is 12.8 Å². The predicted molar refractivity (Wildman–Crippen MR) is 68.2 cm³/mol. The van der Waals surface area contributed by atoms with Gasteiger partial charge >= 0.3 is 0 Å². The Hall–Kier alpha value is -1.06. The van der Waals surface area contributed by atoms with Crippen LogP contribution in [0.15, 0.2) is 18.2 Å². The molecule has 0 saturated carbocycles. The molecule has 1 aromatic carbocycles. The molecular weight excluding hydrogens is 214 g/mol. The minimum Gasteiger partial charge on any atom is -0.497 e. The van der Waals surface area contributed by atoms with Crippen molar-refractivity contribution in [3.05, 3.63) is 29.3 Å². The Balaban J connectivity index is 2.04. The number of hydrogen-bond acceptors (Lipinski definition) is 3. The van der Waals surface area contributed by atoms with Crippen LogP contribution in [0.5, 0.6) is 5.75 Å². The second kappa shape index (κ2) is 5.52. The van der Waals surface area contributed by atoms with E-state index in [2.05, 4.69) is 13.0 Å². The summed E-state index contributed by atoms with van der Waals surface area (Å²) < 4.78 is 10.6. The number of aryl methyl sites for hydroxylation is 1. The van der Waals surface area contributed by atoms with Crippen LogP contribution in [0.25, 0.3) is 0 Å². The van der Waals surface area contributed by atoms with Crippen LogP contribution >= 0.6 is 0 Å². The molecule has 3 nitrogen and oxygen atoms in total. The quantitative estimate of drug-likeness (QED) is 0.871. The highest BCUT2D eigenvalue weighted by Crippen LogP contribution is 2.28. The van der Waals surface area contributed by atoms with Crippen LogP contribution in [-0.2, 0) is 4.74 Å². The topological polar surface area (TPSA) is 44.5 Å². The number of hydrogen-bond donors (Lipinski definition) is 1. The molecule has 1 aliphatic heterocycles. The van der Waals surface area contributed by atoms with Gasteiger partial charge in [0, 0.05) is 19.3 Å². The molecule has 0 radical (unpaired) electrons. The van der Waals surface area contributed by atoms with Gasteiger partial charge in [-0.15, -0.1) is 0 Å². The number of ether oxygens (including phenoxy) is 2. The zero-order valence-corrected chi connectivity index (χ0v) is 10.6. The van der Waals surface area contributed by atoms with Gasteiger partial charge in [-0.2, -0.15) is 0 Å². The van der Waals surface area contributed by atoms with E-state index in [9.17, 15) is 0 Å². The van der Waals surface area contributed by atoms with Crippen LogP contribution in [0.4, 0.5) is 0 Å². The summed E-state index contributed by atoms with van der Waals surface area (Å²) in [7, 11) is 1.68. The molecule has 2 atom stereocenters. The van der Waals surface area contributed by atoms with Crippen molar-refractivity contribution in [2.75, 3.05) is 20.3 Å². The second-order valence-corrected chi connectivity index (χ2v) is 4.79. The van der Waals surface area contributed by atoms with Gasteiger partial charge in [0.25, 0.3) is 0 Å². The van der Waals surface area contributed by atoms with E-state index in [1.165, 1.54) is 11.1 Å². The average molecular weight is 235 g/mol. The van der Waals surface area contributed by atoms with Crippen LogP contribution in [0.3, 0.4) is 0 Å². The molecule has 0 aliphatic carbocycles. The summed E-state index contributed by atoms with van der Waals surface area (Å²) in [6.07, 6.45) is 2.15. The molecule has 1 fully saturated rings. The Labute approximate surface area is 103 Å². The van der Waals surface area contributed by atoms with Crippen LogP contribution in [-0.4, -0.2) is 20.3 Å². The van der Waals surface area contributed by atoms with Gasteiger partial charge in [-0.25, -0.2) is 0 Å². The van der Waals surface area contributed by atoms with Gasteiger partial charge in [0.2, 0.25) is 0 Å². The fourth-order valence-electron chi connectivity index (χ4n) is 2.45. The number of rotatable bonds is 4. The maximum Gasteiger partial charge on any atom is 0.119 e. The van der Waals surface area contributed by atoms with E-state index in [0.717, 1.165) is 31.8 Å². The number of nitrogens with two attached hydrogens (primary N) is 1. The van der Waals surface area contributed by atoms with Crippen molar-refractivity contribution >= 4 is 0 Å². The fraction of sp³-hybridized carbons (Fsp3) is 0.571. The predicted octanol–water partition coefficient (Wildman–Crippen LogP) is 2.43.